The van der Waals surface area contributed by atoms with Crippen molar-refractivity contribution in [3.8, 4) is 11.8 Å². The highest BCUT2D eigenvalue weighted by atomic mass is 32.2. The third-order valence-corrected chi connectivity index (χ3v) is 5.95. The van der Waals surface area contributed by atoms with Crippen LogP contribution in [0.4, 0.5) is 32.0 Å². The molecule has 0 atom stereocenters. The van der Waals surface area contributed by atoms with Gasteiger partial charge < -0.3 is 5.32 Å². The van der Waals surface area contributed by atoms with E-state index in [4.69, 9.17) is 0 Å². The Hall–Kier alpha value is -1.93. The standard InChI is InChI=1S/C19H18F6N2OS2/c1-2-3-4-5-6-9-29-17-27-13-8-7-12(10-14(13)30-17)26-16(28)11-15(18(20,21)22)19(23,24)25/h7-8,10,15H,2-3,6,9,11H2,1H3,(H,26,28). The molecule has 11 heteroatoms. The largest absolute Gasteiger partial charge is 0.400 e. The molecule has 0 radical (unpaired) electrons. The molecule has 1 N–H and O–H groups in total. The van der Waals surface area contributed by atoms with Crippen molar-refractivity contribution < 1.29 is 31.1 Å². The molecular formula is C19H18F6N2OS2. The van der Waals surface area contributed by atoms with E-state index in [9.17, 15) is 31.1 Å². The second kappa shape index (κ2) is 10.4. The summed E-state index contributed by atoms with van der Waals surface area (Å²) >= 11 is 2.83. The molecule has 0 spiro atoms. The van der Waals surface area contributed by atoms with Crippen LogP contribution < -0.4 is 5.32 Å². The van der Waals surface area contributed by atoms with Crippen LogP contribution in [0, 0.1) is 17.8 Å². The number of nitrogens with zero attached hydrogens (tertiary/aromatic N) is 1. The van der Waals surface area contributed by atoms with Gasteiger partial charge >= 0.3 is 12.4 Å². The molecule has 0 saturated heterocycles. The lowest BCUT2D eigenvalue weighted by molar-refractivity contribution is -0.283. The summed E-state index contributed by atoms with van der Waals surface area (Å²) in [7, 11) is 0. The van der Waals surface area contributed by atoms with Gasteiger partial charge in [0.15, 0.2) is 10.3 Å². The monoisotopic (exact) mass is 468 g/mol. The smallest absolute Gasteiger partial charge is 0.326 e. The Morgan fingerprint density at radius 2 is 1.83 bits per heavy atom. The van der Waals surface area contributed by atoms with Crippen LogP contribution in [0.5, 0.6) is 0 Å². The van der Waals surface area contributed by atoms with Crippen molar-refractivity contribution in [2.24, 2.45) is 5.92 Å². The molecule has 164 valence electrons. The highest BCUT2D eigenvalue weighted by Crippen LogP contribution is 2.41. The summed E-state index contributed by atoms with van der Waals surface area (Å²) in [5.41, 5.74) is 0.738. The van der Waals surface area contributed by atoms with Gasteiger partial charge in [-0.05, 0) is 24.6 Å². The van der Waals surface area contributed by atoms with Crippen molar-refractivity contribution in [1.29, 1.82) is 0 Å². The second-order valence-corrected chi connectivity index (χ2v) is 8.63. The number of thiazole rings is 1. The minimum atomic E-state index is -5.55. The van der Waals surface area contributed by atoms with Crippen molar-refractivity contribution in [2.45, 2.75) is 49.3 Å². The Labute approximate surface area is 177 Å². The minimum Gasteiger partial charge on any atom is -0.326 e. The quantitative estimate of drug-likeness (QED) is 0.214. The number of alkyl halides is 6. The zero-order valence-electron chi connectivity index (χ0n) is 15.8. The SMILES string of the molecule is CCCC#CCCSc1nc2ccc(NC(=O)CC(C(F)(F)F)C(F)(F)F)cc2s1. The Balaban J connectivity index is 2.00. The maximum Gasteiger partial charge on any atom is 0.400 e. The molecule has 0 fully saturated rings. The van der Waals surface area contributed by atoms with Crippen LogP contribution in [0.25, 0.3) is 10.2 Å². The van der Waals surface area contributed by atoms with Crippen LogP contribution >= 0.6 is 23.1 Å². The van der Waals surface area contributed by atoms with Gasteiger partial charge in [0.2, 0.25) is 5.91 Å². The fourth-order valence-corrected chi connectivity index (χ4v) is 4.38. The molecule has 0 aliphatic heterocycles. The minimum absolute atomic E-state index is 0.112. The van der Waals surface area contributed by atoms with E-state index < -0.39 is 30.6 Å². The van der Waals surface area contributed by atoms with Crippen LogP contribution in [0.2, 0.25) is 0 Å². The predicted molar refractivity (Wildman–Crippen MR) is 106 cm³/mol. The van der Waals surface area contributed by atoms with E-state index in [1.54, 1.807) is 6.07 Å². The van der Waals surface area contributed by atoms with Gasteiger partial charge in [0.25, 0.3) is 0 Å². The number of thioether (sulfide) groups is 1. The number of anilines is 1. The predicted octanol–water partition coefficient (Wildman–Crippen LogP) is 6.65. The van der Waals surface area contributed by atoms with Crippen LogP contribution in [0.15, 0.2) is 22.5 Å². The summed E-state index contributed by atoms with van der Waals surface area (Å²) < 4.78 is 77.0. The molecule has 1 amide bonds. The van der Waals surface area contributed by atoms with Gasteiger partial charge in [-0.15, -0.1) is 23.2 Å². The topological polar surface area (TPSA) is 42.0 Å². The first-order chi connectivity index (χ1) is 14.0. The first-order valence-electron chi connectivity index (χ1n) is 8.93. The van der Waals surface area contributed by atoms with Crippen LogP contribution in [0.3, 0.4) is 0 Å². The molecule has 1 aromatic carbocycles. The number of rotatable bonds is 7. The van der Waals surface area contributed by atoms with E-state index in [2.05, 4.69) is 22.1 Å². The molecule has 3 nitrogen and oxygen atoms in total. The fourth-order valence-electron chi connectivity index (χ4n) is 2.35. The zero-order valence-corrected chi connectivity index (χ0v) is 17.4. The van der Waals surface area contributed by atoms with Gasteiger partial charge in [0.1, 0.15) is 0 Å². The molecule has 0 aliphatic rings. The third kappa shape index (κ3) is 7.40. The van der Waals surface area contributed by atoms with E-state index >= 15 is 0 Å². The maximum absolute atomic E-state index is 12.6. The van der Waals surface area contributed by atoms with E-state index in [1.807, 2.05) is 6.92 Å². The van der Waals surface area contributed by atoms with Gasteiger partial charge in [0.05, 0.1) is 10.2 Å². The Morgan fingerprint density at radius 1 is 1.17 bits per heavy atom. The van der Waals surface area contributed by atoms with Gasteiger partial charge in [-0.2, -0.15) is 26.3 Å². The molecule has 0 aliphatic carbocycles. The highest BCUT2D eigenvalue weighted by molar-refractivity contribution is 8.01. The first-order valence-corrected chi connectivity index (χ1v) is 10.7. The summed E-state index contributed by atoms with van der Waals surface area (Å²) in [6.07, 6.45) is -10.3. The number of aromatic nitrogens is 1. The lowest BCUT2D eigenvalue weighted by Crippen LogP contribution is -2.39. The normalized spacial score (nSPS) is 12.1. The summed E-state index contributed by atoms with van der Waals surface area (Å²) in [4.78, 5) is 16.2. The van der Waals surface area contributed by atoms with Gasteiger partial charge in [-0.3, -0.25) is 4.79 Å². The number of unbranched alkanes of at least 4 members (excludes halogenated alkanes) is 1. The molecule has 2 rings (SSSR count). The molecule has 2 aromatic rings. The van der Waals surface area contributed by atoms with Crippen molar-refractivity contribution >= 4 is 44.9 Å². The molecule has 1 aromatic heterocycles. The number of carbonyl (C=O) groups excluding carboxylic acids is 1. The zero-order chi connectivity index (χ0) is 22.4. The summed E-state index contributed by atoms with van der Waals surface area (Å²) in [6, 6.07) is 4.42. The van der Waals surface area contributed by atoms with Crippen LogP contribution in [-0.2, 0) is 4.79 Å². The Morgan fingerprint density at radius 3 is 2.47 bits per heavy atom. The van der Waals surface area contributed by atoms with E-state index in [0.717, 1.165) is 22.9 Å². The highest BCUT2D eigenvalue weighted by Gasteiger charge is 2.57. The first kappa shape index (κ1) is 24.3. The van der Waals surface area contributed by atoms with Crippen molar-refractivity contribution in [3.05, 3.63) is 18.2 Å². The molecule has 1 heterocycles. The number of halogens is 6. The summed E-state index contributed by atoms with van der Waals surface area (Å²) in [5, 5.41) is 2.10. The number of fused-ring (bicyclic) bond motifs is 1. The summed E-state index contributed by atoms with van der Waals surface area (Å²) in [6.45, 7) is 2.05. The lowest BCUT2D eigenvalue weighted by atomic mass is 10.0. The number of amides is 1. The van der Waals surface area contributed by atoms with E-state index in [-0.39, 0.29) is 5.69 Å². The molecule has 0 bridgehead atoms. The van der Waals surface area contributed by atoms with Gasteiger partial charge in [-0.1, -0.05) is 18.7 Å². The fraction of sp³-hybridized carbons (Fsp3) is 0.474. The van der Waals surface area contributed by atoms with Crippen LogP contribution in [0.1, 0.15) is 32.6 Å². The number of hydrogen-bond donors (Lipinski definition) is 1. The maximum atomic E-state index is 12.6. The average molecular weight is 468 g/mol. The average Bonchev–Trinajstić information content (AvgIpc) is 3.03. The third-order valence-electron chi connectivity index (χ3n) is 3.78. The Bertz CT molecular complexity index is 913. The van der Waals surface area contributed by atoms with E-state index in [0.29, 0.717) is 16.6 Å². The van der Waals surface area contributed by atoms with Crippen molar-refractivity contribution in [2.75, 3.05) is 11.1 Å². The number of benzene rings is 1. The van der Waals surface area contributed by atoms with Crippen LogP contribution in [-0.4, -0.2) is 29.0 Å². The number of nitrogens with one attached hydrogen (secondary N) is 1. The number of carbonyl (C=O) groups is 1. The van der Waals surface area contributed by atoms with Gasteiger partial charge in [0, 0.05) is 30.7 Å². The Kier molecular flexibility index (Phi) is 8.43. The molecule has 0 unspecified atom stereocenters. The molecule has 30 heavy (non-hydrogen) atoms. The molecule has 0 saturated carbocycles. The second-order valence-electron chi connectivity index (χ2n) is 6.25. The summed E-state index contributed by atoms with van der Waals surface area (Å²) in [5.74, 6) is 1.78. The van der Waals surface area contributed by atoms with Crippen molar-refractivity contribution in [3.63, 3.8) is 0 Å². The number of hydrogen-bond acceptors (Lipinski definition) is 4. The van der Waals surface area contributed by atoms with Gasteiger partial charge in [-0.25, -0.2) is 4.98 Å². The van der Waals surface area contributed by atoms with E-state index in [1.165, 1.54) is 35.2 Å². The lowest BCUT2D eigenvalue weighted by Gasteiger charge is -2.22. The molecular weight excluding hydrogens is 450 g/mol. The van der Waals surface area contributed by atoms with Crippen molar-refractivity contribution in [1.82, 2.24) is 4.98 Å².